The smallest absolute Gasteiger partial charge is 0.281 e. The number of nitrogens with zero attached hydrogens (tertiary/aromatic N) is 3. The summed E-state index contributed by atoms with van der Waals surface area (Å²) in [5.41, 5.74) is 0.406. The van der Waals surface area contributed by atoms with Crippen LogP contribution < -0.4 is 0 Å². The van der Waals surface area contributed by atoms with Gasteiger partial charge in [-0.2, -0.15) is 0 Å². The number of nitro groups is 1. The second-order valence-electron chi connectivity index (χ2n) is 5.31. The number of carbonyl (C=O) groups is 1. The highest BCUT2D eigenvalue weighted by molar-refractivity contribution is 5.86. The van der Waals surface area contributed by atoms with Crippen molar-refractivity contribution in [2.24, 2.45) is 5.92 Å². The van der Waals surface area contributed by atoms with Crippen molar-refractivity contribution >= 4 is 22.5 Å². The van der Waals surface area contributed by atoms with Gasteiger partial charge in [0.15, 0.2) is 0 Å². The Labute approximate surface area is 125 Å². The second kappa shape index (κ2) is 5.47. The van der Waals surface area contributed by atoms with Crippen LogP contribution in [0.4, 0.5) is 5.69 Å². The maximum Gasteiger partial charge on any atom is 0.281 e. The van der Waals surface area contributed by atoms with Crippen LogP contribution in [0.25, 0.3) is 11.0 Å². The van der Waals surface area contributed by atoms with E-state index in [1.165, 1.54) is 19.2 Å². The number of aromatic nitrogens is 2. The molecule has 0 amide bonds. The molecule has 1 N–H and O–H groups in total. The molecule has 2 aromatic rings. The Morgan fingerprint density at radius 1 is 1.59 bits per heavy atom. The molecule has 22 heavy (non-hydrogen) atoms. The number of ether oxygens (including phenoxy) is 1. The molecule has 3 atom stereocenters. The average molecular weight is 305 g/mol. The number of hydrogen-bond acceptors (Lipinski definition) is 6. The van der Waals surface area contributed by atoms with Gasteiger partial charge in [-0.05, 0) is 13.0 Å². The predicted molar refractivity (Wildman–Crippen MR) is 76.2 cm³/mol. The number of pyridine rings is 1. The number of fused-ring (bicyclic) bond motifs is 1. The van der Waals surface area contributed by atoms with Gasteiger partial charge in [0, 0.05) is 24.9 Å². The van der Waals surface area contributed by atoms with Crippen LogP contribution in [0.5, 0.6) is 0 Å². The summed E-state index contributed by atoms with van der Waals surface area (Å²) < 4.78 is 7.39. The van der Waals surface area contributed by atoms with Crippen LogP contribution in [0.1, 0.15) is 19.6 Å². The van der Waals surface area contributed by atoms with Crippen molar-refractivity contribution in [1.29, 1.82) is 0 Å². The number of aliphatic hydroxyl groups is 1. The first kappa shape index (κ1) is 14.6. The second-order valence-corrected chi connectivity index (χ2v) is 5.31. The first-order valence-electron chi connectivity index (χ1n) is 6.89. The van der Waals surface area contributed by atoms with E-state index in [9.17, 15) is 20.0 Å². The van der Waals surface area contributed by atoms with Gasteiger partial charge in [-0.25, -0.2) is 4.98 Å². The lowest BCUT2D eigenvalue weighted by Gasteiger charge is -2.14. The van der Waals surface area contributed by atoms with Gasteiger partial charge >= 0.3 is 0 Å². The summed E-state index contributed by atoms with van der Waals surface area (Å²) in [6, 6.07) is 2.95. The fourth-order valence-corrected chi connectivity index (χ4v) is 2.93. The van der Waals surface area contributed by atoms with Gasteiger partial charge in [0.1, 0.15) is 17.7 Å². The van der Waals surface area contributed by atoms with E-state index in [0.717, 1.165) is 0 Å². The van der Waals surface area contributed by atoms with Crippen LogP contribution in [-0.4, -0.2) is 38.1 Å². The molecule has 1 fully saturated rings. The monoisotopic (exact) mass is 305 g/mol. The van der Waals surface area contributed by atoms with E-state index in [4.69, 9.17) is 4.74 Å². The zero-order valence-electron chi connectivity index (χ0n) is 11.9. The van der Waals surface area contributed by atoms with E-state index >= 15 is 0 Å². The molecule has 8 heteroatoms. The Balaban J connectivity index is 2.00. The quantitative estimate of drug-likeness (QED) is 0.676. The van der Waals surface area contributed by atoms with E-state index in [0.29, 0.717) is 17.5 Å². The van der Waals surface area contributed by atoms with E-state index < -0.39 is 17.3 Å². The Hall–Kier alpha value is -2.32. The van der Waals surface area contributed by atoms with Crippen molar-refractivity contribution in [3.63, 3.8) is 0 Å². The summed E-state index contributed by atoms with van der Waals surface area (Å²) in [4.78, 5) is 26.4. The van der Waals surface area contributed by atoms with Gasteiger partial charge in [0.25, 0.3) is 5.69 Å². The highest BCUT2D eigenvalue weighted by Gasteiger charge is 2.39. The molecule has 0 spiro atoms. The number of hydrogen-bond donors (Lipinski definition) is 1. The van der Waals surface area contributed by atoms with Crippen LogP contribution >= 0.6 is 0 Å². The third-order valence-corrected chi connectivity index (χ3v) is 4.04. The fraction of sp³-hybridized carbons (Fsp3) is 0.429. The molecule has 0 aliphatic carbocycles. The van der Waals surface area contributed by atoms with Crippen LogP contribution in [0.3, 0.4) is 0 Å². The first-order chi connectivity index (χ1) is 10.5. The largest absolute Gasteiger partial charge is 0.394 e. The molecule has 116 valence electrons. The minimum atomic E-state index is -0.557. The minimum absolute atomic E-state index is 0.0245. The standard InChI is InChI=1S/C14H15N3O5/c1-8(19)10-6-13(22-12(10)7-18)16-5-3-9-11(17(20)21)2-4-15-14(9)16/h2-5,10,12-13,18H,6-7H2,1H3/t10-,12-,13-/m1/s1. The summed E-state index contributed by atoms with van der Waals surface area (Å²) in [6.45, 7) is 1.23. The summed E-state index contributed by atoms with van der Waals surface area (Å²) in [5, 5.41) is 20.8. The highest BCUT2D eigenvalue weighted by Crippen LogP contribution is 2.36. The van der Waals surface area contributed by atoms with Gasteiger partial charge < -0.3 is 14.4 Å². The molecule has 2 aromatic heterocycles. The van der Waals surface area contributed by atoms with Gasteiger partial charge in [-0.1, -0.05) is 0 Å². The molecule has 3 rings (SSSR count). The molecular weight excluding hydrogens is 290 g/mol. The molecule has 0 unspecified atom stereocenters. The maximum absolute atomic E-state index is 11.6. The number of rotatable bonds is 4. The lowest BCUT2D eigenvalue weighted by atomic mass is 9.97. The lowest BCUT2D eigenvalue weighted by molar-refractivity contribution is -0.383. The third-order valence-electron chi connectivity index (χ3n) is 4.04. The summed E-state index contributed by atoms with van der Waals surface area (Å²) >= 11 is 0. The normalized spacial score (nSPS) is 24.7. The Morgan fingerprint density at radius 3 is 2.95 bits per heavy atom. The molecule has 0 bridgehead atoms. The summed E-state index contributed by atoms with van der Waals surface area (Å²) in [6.07, 6.45) is 2.41. The molecule has 0 aromatic carbocycles. The van der Waals surface area contributed by atoms with E-state index in [1.807, 2.05) is 0 Å². The molecule has 3 heterocycles. The minimum Gasteiger partial charge on any atom is -0.394 e. The number of Topliss-reactive ketones (excluding diaryl/α,β-unsaturated/α-hetero) is 1. The molecule has 1 saturated heterocycles. The van der Waals surface area contributed by atoms with Crippen LogP contribution in [0.15, 0.2) is 24.5 Å². The van der Waals surface area contributed by atoms with Crippen molar-refractivity contribution in [1.82, 2.24) is 9.55 Å². The Bertz CT molecular complexity index is 741. The first-order valence-corrected chi connectivity index (χ1v) is 6.89. The van der Waals surface area contributed by atoms with Crippen molar-refractivity contribution in [3.8, 4) is 0 Å². The zero-order chi connectivity index (χ0) is 15.9. The third kappa shape index (κ3) is 2.26. The number of aliphatic hydroxyl groups excluding tert-OH is 1. The molecule has 1 aliphatic rings. The number of ketones is 1. The topological polar surface area (TPSA) is 107 Å². The molecule has 0 saturated carbocycles. The summed E-state index contributed by atoms with van der Waals surface area (Å²) in [7, 11) is 0. The molecule has 8 nitrogen and oxygen atoms in total. The highest BCUT2D eigenvalue weighted by atomic mass is 16.6. The van der Waals surface area contributed by atoms with Crippen molar-refractivity contribution in [2.45, 2.75) is 25.7 Å². The van der Waals surface area contributed by atoms with Gasteiger partial charge in [0.05, 0.1) is 28.9 Å². The Morgan fingerprint density at radius 2 is 2.36 bits per heavy atom. The van der Waals surface area contributed by atoms with Gasteiger partial charge in [0.2, 0.25) is 0 Å². The van der Waals surface area contributed by atoms with E-state index in [1.54, 1.807) is 16.8 Å². The van der Waals surface area contributed by atoms with Crippen LogP contribution in [-0.2, 0) is 9.53 Å². The van der Waals surface area contributed by atoms with Crippen molar-refractivity contribution in [3.05, 3.63) is 34.6 Å². The average Bonchev–Trinajstić information content (AvgIpc) is 3.09. The van der Waals surface area contributed by atoms with Crippen LogP contribution in [0, 0.1) is 16.0 Å². The fourth-order valence-electron chi connectivity index (χ4n) is 2.93. The van der Waals surface area contributed by atoms with Crippen molar-refractivity contribution in [2.75, 3.05) is 6.61 Å². The Kier molecular flexibility index (Phi) is 3.63. The van der Waals surface area contributed by atoms with Gasteiger partial charge in [-0.3, -0.25) is 14.9 Å². The van der Waals surface area contributed by atoms with Gasteiger partial charge in [-0.15, -0.1) is 0 Å². The predicted octanol–water partition coefficient (Wildman–Crippen LogP) is 1.43. The molecular formula is C14H15N3O5. The van der Waals surface area contributed by atoms with Crippen LogP contribution in [0.2, 0.25) is 0 Å². The zero-order valence-corrected chi connectivity index (χ0v) is 11.9. The SMILES string of the molecule is CC(=O)[C@H]1C[C@H](n2ccc3c([N+](=O)[O-])ccnc32)O[C@@H]1CO. The maximum atomic E-state index is 11.6. The van der Waals surface area contributed by atoms with E-state index in [2.05, 4.69) is 4.98 Å². The molecule has 0 radical (unpaired) electrons. The number of carbonyl (C=O) groups excluding carboxylic acids is 1. The summed E-state index contributed by atoms with van der Waals surface area (Å²) in [5.74, 6) is -0.428. The molecule has 1 aliphatic heterocycles. The lowest BCUT2D eigenvalue weighted by Crippen LogP contribution is -2.25. The van der Waals surface area contributed by atoms with E-state index in [-0.39, 0.29) is 24.0 Å². The van der Waals surface area contributed by atoms with Crippen molar-refractivity contribution < 1.29 is 19.6 Å².